The van der Waals surface area contributed by atoms with E-state index in [2.05, 4.69) is 25.3 Å². The van der Waals surface area contributed by atoms with Crippen LogP contribution in [0.2, 0.25) is 0 Å². The topological polar surface area (TPSA) is 65.1 Å². The van der Waals surface area contributed by atoms with Crippen molar-refractivity contribution in [2.75, 3.05) is 5.75 Å². The molecule has 5 heteroatoms. The molecule has 1 amide bonds. The molecule has 0 radical (unpaired) electrons. The third-order valence-corrected chi connectivity index (χ3v) is 6.24. The van der Waals surface area contributed by atoms with Gasteiger partial charge in [0.25, 0.3) is 0 Å². The van der Waals surface area contributed by atoms with Crippen molar-refractivity contribution in [2.45, 2.75) is 58.3 Å². The van der Waals surface area contributed by atoms with Crippen LogP contribution in [0.4, 0.5) is 0 Å². The number of primary amides is 1. The second kappa shape index (κ2) is 7.55. The number of nitrogens with two attached hydrogens (primary N) is 1. The molecule has 0 spiro atoms. The van der Waals surface area contributed by atoms with Crippen LogP contribution in [0, 0.1) is 12.3 Å². The van der Waals surface area contributed by atoms with Gasteiger partial charge in [-0.1, -0.05) is 27.2 Å². The van der Waals surface area contributed by atoms with E-state index >= 15 is 0 Å². The number of aryl methyl sites for hydroxylation is 1. The third-order valence-electron chi connectivity index (χ3n) is 5.11. The Bertz CT molecular complexity index is 896. The highest BCUT2D eigenvalue weighted by Gasteiger charge is 2.34. The maximum Gasteiger partial charge on any atom is 0.248 e. The third kappa shape index (κ3) is 3.98. The van der Waals surface area contributed by atoms with Gasteiger partial charge in [-0.2, -0.15) is 0 Å². The first-order valence-electron chi connectivity index (χ1n) is 9.55. The lowest BCUT2D eigenvalue weighted by molar-refractivity contribution is 0.0910. The molecule has 2 aromatic rings. The Morgan fingerprint density at radius 3 is 2.67 bits per heavy atom. The summed E-state index contributed by atoms with van der Waals surface area (Å²) in [7, 11) is 0. The van der Waals surface area contributed by atoms with Gasteiger partial charge in [-0.05, 0) is 55.2 Å². The van der Waals surface area contributed by atoms with Gasteiger partial charge < -0.3 is 10.3 Å². The molecule has 0 bridgehead atoms. The molecular weight excluding hydrogens is 356 g/mol. The van der Waals surface area contributed by atoms with E-state index in [1.807, 2.05) is 25.1 Å². The summed E-state index contributed by atoms with van der Waals surface area (Å²) in [6.45, 7) is 8.50. The smallest absolute Gasteiger partial charge is 0.248 e. The number of amides is 1. The van der Waals surface area contributed by atoms with Gasteiger partial charge in [0.15, 0.2) is 5.78 Å². The summed E-state index contributed by atoms with van der Waals surface area (Å²) in [5, 5.41) is 0. The predicted molar refractivity (Wildman–Crippen MR) is 111 cm³/mol. The first kappa shape index (κ1) is 19.7. The van der Waals surface area contributed by atoms with Crippen molar-refractivity contribution >= 4 is 23.5 Å². The molecule has 1 heterocycles. The lowest BCUT2D eigenvalue weighted by Crippen LogP contribution is -2.28. The lowest BCUT2D eigenvalue weighted by atomic mass is 9.76. The van der Waals surface area contributed by atoms with Gasteiger partial charge in [0.2, 0.25) is 5.91 Å². The van der Waals surface area contributed by atoms with Crippen LogP contribution in [0.25, 0.3) is 5.69 Å². The zero-order chi connectivity index (χ0) is 19.8. The summed E-state index contributed by atoms with van der Waals surface area (Å²) in [5.74, 6) is 0.789. The molecule has 1 aromatic heterocycles. The van der Waals surface area contributed by atoms with Crippen LogP contribution in [0.1, 0.15) is 72.1 Å². The van der Waals surface area contributed by atoms with Gasteiger partial charge in [0.05, 0.1) is 5.69 Å². The van der Waals surface area contributed by atoms with Crippen molar-refractivity contribution in [3.05, 3.63) is 46.8 Å². The number of rotatable bonds is 6. The number of nitrogens with zero attached hydrogens (tertiary/aromatic N) is 1. The number of carbonyl (C=O) groups excluding carboxylic acids is 2. The van der Waals surface area contributed by atoms with E-state index in [-0.39, 0.29) is 11.2 Å². The Balaban J connectivity index is 2.14. The average molecular weight is 385 g/mol. The molecule has 144 valence electrons. The average Bonchev–Trinajstić information content (AvgIpc) is 2.90. The second-order valence-electron chi connectivity index (χ2n) is 8.17. The minimum Gasteiger partial charge on any atom is -0.366 e. The van der Waals surface area contributed by atoms with Gasteiger partial charge in [0, 0.05) is 33.8 Å². The highest BCUT2D eigenvalue weighted by molar-refractivity contribution is 7.99. The largest absolute Gasteiger partial charge is 0.366 e. The number of aromatic nitrogens is 1. The molecule has 3 rings (SSSR count). The van der Waals surface area contributed by atoms with Gasteiger partial charge >= 0.3 is 0 Å². The minimum atomic E-state index is -0.415. The predicted octanol–water partition coefficient (Wildman–Crippen LogP) is 4.93. The number of hydrogen-bond donors (Lipinski definition) is 1. The van der Waals surface area contributed by atoms with Crippen LogP contribution in [0.5, 0.6) is 0 Å². The Kier molecular flexibility index (Phi) is 5.52. The van der Waals surface area contributed by atoms with Crippen LogP contribution in [0.3, 0.4) is 0 Å². The first-order chi connectivity index (χ1) is 12.7. The van der Waals surface area contributed by atoms with Gasteiger partial charge in [-0.25, -0.2) is 0 Å². The van der Waals surface area contributed by atoms with E-state index in [4.69, 9.17) is 5.73 Å². The fourth-order valence-electron chi connectivity index (χ4n) is 3.78. The molecule has 0 aliphatic heterocycles. The highest BCUT2D eigenvalue weighted by Crippen LogP contribution is 2.39. The number of unbranched alkanes of at least 4 members (excludes halogenated alkanes) is 1. The number of benzene rings is 1. The zero-order valence-corrected chi connectivity index (χ0v) is 17.4. The second-order valence-corrected chi connectivity index (χ2v) is 9.31. The molecule has 0 unspecified atom stereocenters. The molecule has 4 nitrogen and oxygen atoms in total. The fraction of sp³-hybridized carbons (Fsp3) is 0.455. The summed E-state index contributed by atoms with van der Waals surface area (Å²) >= 11 is 1.75. The van der Waals surface area contributed by atoms with E-state index in [0.29, 0.717) is 12.0 Å². The number of ketones is 1. The van der Waals surface area contributed by atoms with Crippen LogP contribution in [-0.4, -0.2) is 22.0 Å². The Labute approximate surface area is 165 Å². The molecule has 0 atom stereocenters. The summed E-state index contributed by atoms with van der Waals surface area (Å²) in [6, 6.07) is 7.64. The molecule has 0 fully saturated rings. The SMILES string of the molecule is CCCCSc1cc(C(N)=O)ccc1-n1c(C)cc2c1CC(C)(C)CC2=O. The molecule has 1 aliphatic carbocycles. The van der Waals surface area contributed by atoms with Crippen LogP contribution in [0.15, 0.2) is 29.2 Å². The zero-order valence-electron chi connectivity index (χ0n) is 16.6. The van der Waals surface area contributed by atoms with E-state index in [9.17, 15) is 9.59 Å². The molecular formula is C22H28N2O2S. The quantitative estimate of drug-likeness (QED) is 0.567. The summed E-state index contributed by atoms with van der Waals surface area (Å²) < 4.78 is 2.20. The van der Waals surface area contributed by atoms with Crippen LogP contribution < -0.4 is 5.73 Å². The van der Waals surface area contributed by atoms with Gasteiger partial charge in [-0.3, -0.25) is 9.59 Å². The molecule has 2 N–H and O–H groups in total. The molecule has 1 aromatic carbocycles. The van der Waals surface area contributed by atoms with Gasteiger partial charge in [0.1, 0.15) is 0 Å². The van der Waals surface area contributed by atoms with Crippen molar-refractivity contribution in [3.63, 3.8) is 0 Å². The normalized spacial score (nSPS) is 15.6. The fourth-order valence-corrected chi connectivity index (χ4v) is 4.95. The minimum absolute atomic E-state index is 0.0463. The van der Waals surface area contributed by atoms with E-state index in [0.717, 1.165) is 52.5 Å². The first-order valence-corrected chi connectivity index (χ1v) is 10.5. The molecule has 0 saturated carbocycles. The number of Topliss-reactive ketones (excluding diaryl/α,β-unsaturated/α-hetero) is 1. The van der Waals surface area contributed by atoms with E-state index in [1.54, 1.807) is 17.8 Å². The van der Waals surface area contributed by atoms with Crippen molar-refractivity contribution in [1.82, 2.24) is 4.57 Å². The van der Waals surface area contributed by atoms with Crippen molar-refractivity contribution in [3.8, 4) is 5.69 Å². The summed E-state index contributed by atoms with van der Waals surface area (Å²) in [5.41, 5.74) is 9.98. The maximum atomic E-state index is 12.7. The highest BCUT2D eigenvalue weighted by atomic mass is 32.2. The van der Waals surface area contributed by atoms with E-state index < -0.39 is 5.91 Å². The molecule has 27 heavy (non-hydrogen) atoms. The number of fused-ring (bicyclic) bond motifs is 1. The number of hydrogen-bond acceptors (Lipinski definition) is 3. The monoisotopic (exact) mass is 384 g/mol. The molecule has 1 aliphatic rings. The number of thioether (sulfide) groups is 1. The van der Waals surface area contributed by atoms with Crippen molar-refractivity contribution in [1.29, 1.82) is 0 Å². The molecule has 0 saturated heterocycles. The van der Waals surface area contributed by atoms with Crippen LogP contribution in [-0.2, 0) is 6.42 Å². The lowest BCUT2D eigenvalue weighted by Gasteiger charge is -2.30. The number of carbonyl (C=O) groups is 2. The van der Waals surface area contributed by atoms with Crippen molar-refractivity contribution < 1.29 is 9.59 Å². The Hall–Kier alpha value is -2.01. The maximum absolute atomic E-state index is 12.7. The standard InChI is InChI=1S/C22H28N2O2S/c1-5-6-9-27-20-11-15(21(23)26)7-8-17(20)24-14(2)10-16-18(24)12-22(3,4)13-19(16)25/h7-8,10-11H,5-6,9,12-13H2,1-4H3,(H2,23,26). The van der Waals surface area contributed by atoms with Gasteiger partial charge in [-0.15, -0.1) is 11.8 Å². The summed E-state index contributed by atoms with van der Waals surface area (Å²) in [6.07, 6.45) is 3.68. The van der Waals surface area contributed by atoms with E-state index in [1.165, 1.54) is 0 Å². The summed E-state index contributed by atoms with van der Waals surface area (Å²) in [4.78, 5) is 25.4. The van der Waals surface area contributed by atoms with Crippen molar-refractivity contribution in [2.24, 2.45) is 11.1 Å². The Morgan fingerprint density at radius 2 is 2.00 bits per heavy atom. The van der Waals surface area contributed by atoms with Crippen LogP contribution >= 0.6 is 11.8 Å². The Morgan fingerprint density at radius 1 is 1.26 bits per heavy atom.